The fourth-order valence-corrected chi connectivity index (χ4v) is 6.35. The highest BCUT2D eigenvalue weighted by Gasteiger charge is 2.51. The van der Waals surface area contributed by atoms with Gasteiger partial charge in [-0.2, -0.15) is 0 Å². The van der Waals surface area contributed by atoms with Crippen molar-refractivity contribution in [2.24, 2.45) is 17.8 Å². The minimum Gasteiger partial charge on any atom is -0.452 e. The molecule has 0 saturated heterocycles. The van der Waals surface area contributed by atoms with Gasteiger partial charge in [0.25, 0.3) is 5.91 Å². The molecular weight excluding hydrogens is 374 g/mol. The second kappa shape index (κ2) is 7.57. The highest BCUT2D eigenvalue weighted by molar-refractivity contribution is 5.92. The first-order valence-corrected chi connectivity index (χ1v) is 11.1. The third kappa shape index (κ3) is 3.88. The van der Waals surface area contributed by atoms with Crippen LogP contribution in [0.4, 0.5) is 0 Å². The van der Waals surface area contributed by atoms with Crippen LogP contribution >= 0.6 is 0 Å². The number of hydrogen-bond donors (Lipinski definition) is 1. The van der Waals surface area contributed by atoms with Crippen molar-refractivity contribution in [3.8, 4) is 11.1 Å². The van der Waals surface area contributed by atoms with Crippen LogP contribution in [0.2, 0.25) is 0 Å². The summed E-state index contributed by atoms with van der Waals surface area (Å²) in [5, 5.41) is 3.25. The summed E-state index contributed by atoms with van der Waals surface area (Å²) in [5.74, 6) is 1.69. The molecule has 4 heteroatoms. The molecule has 4 aliphatic rings. The molecule has 0 heterocycles. The Hall–Kier alpha value is -2.62. The number of carbonyl (C=O) groups is 2. The van der Waals surface area contributed by atoms with E-state index in [-0.39, 0.29) is 18.1 Å². The van der Waals surface area contributed by atoms with E-state index >= 15 is 0 Å². The number of carbonyl (C=O) groups excluding carboxylic acids is 2. The van der Waals surface area contributed by atoms with Gasteiger partial charge in [-0.05, 0) is 86.5 Å². The number of amides is 1. The van der Waals surface area contributed by atoms with Gasteiger partial charge in [-0.15, -0.1) is 0 Å². The van der Waals surface area contributed by atoms with Gasteiger partial charge in [0.05, 0.1) is 5.56 Å². The lowest BCUT2D eigenvalue weighted by Gasteiger charge is -2.56. The minimum absolute atomic E-state index is 0.0477. The molecule has 0 aliphatic heterocycles. The van der Waals surface area contributed by atoms with E-state index in [2.05, 4.69) is 36.5 Å². The quantitative estimate of drug-likeness (QED) is 0.722. The molecule has 2 aromatic carbocycles. The first-order valence-electron chi connectivity index (χ1n) is 11.1. The maximum Gasteiger partial charge on any atom is 0.338 e. The summed E-state index contributed by atoms with van der Waals surface area (Å²) in [6.07, 6.45) is 7.30. The smallest absolute Gasteiger partial charge is 0.338 e. The molecule has 30 heavy (non-hydrogen) atoms. The molecule has 4 nitrogen and oxygen atoms in total. The van der Waals surface area contributed by atoms with Crippen molar-refractivity contribution in [3.05, 3.63) is 59.7 Å². The lowest BCUT2D eigenvalue weighted by molar-refractivity contribution is -0.130. The summed E-state index contributed by atoms with van der Waals surface area (Å²) in [7, 11) is 0. The van der Waals surface area contributed by atoms with Crippen LogP contribution in [0, 0.1) is 24.7 Å². The summed E-state index contributed by atoms with van der Waals surface area (Å²) in [6, 6.07) is 15.6. The predicted molar refractivity (Wildman–Crippen MR) is 116 cm³/mol. The van der Waals surface area contributed by atoms with Crippen LogP contribution in [-0.2, 0) is 9.53 Å². The van der Waals surface area contributed by atoms with Crippen molar-refractivity contribution < 1.29 is 14.3 Å². The highest BCUT2D eigenvalue weighted by Crippen LogP contribution is 2.55. The second-order valence-corrected chi connectivity index (χ2v) is 9.77. The van der Waals surface area contributed by atoms with Gasteiger partial charge in [-0.3, -0.25) is 4.79 Å². The van der Waals surface area contributed by atoms with Gasteiger partial charge >= 0.3 is 5.97 Å². The average Bonchev–Trinajstić information content (AvgIpc) is 2.71. The first kappa shape index (κ1) is 19.3. The molecule has 0 unspecified atom stereocenters. The Bertz CT molecular complexity index is 910. The number of hydrogen-bond acceptors (Lipinski definition) is 3. The largest absolute Gasteiger partial charge is 0.452 e. The summed E-state index contributed by atoms with van der Waals surface area (Å²) in [6.45, 7) is 1.85. The lowest BCUT2D eigenvalue weighted by Crippen LogP contribution is -2.60. The van der Waals surface area contributed by atoms with Crippen molar-refractivity contribution in [1.29, 1.82) is 0 Å². The summed E-state index contributed by atoms with van der Waals surface area (Å²) >= 11 is 0. The fourth-order valence-electron chi connectivity index (χ4n) is 6.35. The van der Waals surface area contributed by atoms with E-state index in [1.54, 1.807) is 12.1 Å². The van der Waals surface area contributed by atoms with E-state index in [0.717, 1.165) is 48.1 Å². The standard InChI is InChI=1S/C26H29NO3/c1-17-2-4-21(5-3-17)22-6-8-23(9-7-22)25(29)30-16-24(28)27-26-13-18-10-19(14-26)12-20(11-18)15-26/h2-9,18-20H,10-16H2,1H3,(H,27,28). The lowest BCUT2D eigenvalue weighted by atomic mass is 9.53. The Morgan fingerprint density at radius 1 is 0.867 bits per heavy atom. The van der Waals surface area contributed by atoms with Gasteiger partial charge in [0.15, 0.2) is 6.61 Å². The molecule has 0 atom stereocenters. The van der Waals surface area contributed by atoms with Gasteiger partial charge in [-0.25, -0.2) is 4.79 Å². The Morgan fingerprint density at radius 3 is 1.90 bits per heavy atom. The van der Waals surface area contributed by atoms with Crippen molar-refractivity contribution in [2.45, 2.75) is 51.0 Å². The third-order valence-electron chi connectivity index (χ3n) is 7.28. The Labute approximate surface area is 178 Å². The number of aryl methyl sites for hydroxylation is 1. The van der Waals surface area contributed by atoms with Crippen molar-refractivity contribution in [2.75, 3.05) is 6.61 Å². The van der Waals surface area contributed by atoms with Gasteiger partial charge in [0.1, 0.15) is 0 Å². The molecule has 1 amide bonds. The van der Waals surface area contributed by atoms with Crippen molar-refractivity contribution in [1.82, 2.24) is 5.32 Å². The number of benzene rings is 2. The van der Waals surface area contributed by atoms with E-state index in [9.17, 15) is 9.59 Å². The molecule has 6 rings (SSSR count). The topological polar surface area (TPSA) is 55.4 Å². The summed E-state index contributed by atoms with van der Waals surface area (Å²) in [4.78, 5) is 24.9. The van der Waals surface area contributed by atoms with Gasteiger partial charge in [0.2, 0.25) is 0 Å². The van der Waals surface area contributed by atoms with Gasteiger partial charge in [-0.1, -0.05) is 42.0 Å². The van der Waals surface area contributed by atoms with E-state index in [1.807, 2.05) is 12.1 Å². The predicted octanol–water partition coefficient (Wildman–Crippen LogP) is 4.90. The van der Waals surface area contributed by atoms with E-state index in [0.29, 0.717) is 5.56 Å². The Balaban J connectivity index is 1.16. The van der Waals surface area contributed by atoms with Crippen LogP contribution in [0.25, 0.3) is 11.1 Å². The second-order valence-electron chi connectivity index (χ2n) is 9.77. The third-order valence-corrected chi connectivity index (χ3v) is 7.28. The molecule has 4 bridgehead atoms. The van der Waals surface area contributed by atoms with Crippen LogP contribution < -0.4 is 5.32 Å². The molecule has 1 N–H and O–H groups in total. The van der Waals surface area contributed by atoms with Crippen LogP contribution in [0.5, 0.6) is 0 Å². The zero-order valence-electron chi connectivity index (χ0n) is 17.5. The normalized spacial score (nSPS) is 28.9. The van der Waals surface area contributed by atoms with E-state index in [1.165, 1.54) is 24.8 Å². The van der Waals surface area contributed by atoms with Gasteiger partial charge in [0, 0.05) is 5.54 Å². The SMILES string of the molecule is Cc1ccc(-c2ccc(C(=O)OCC(=O)NC34CC5CC(CC(C5)C3)C4)cc2)cc1. The highest BCUT2D eigenvalue weighted by atomic mass is 16.5. The Kier molecular flexibility index (Phi) is 4.88. The maximum absolute atomic E-state index is 12.5. The average molecular weight is 404 g/mol. The molecule has 2 aromatic rings. The van der Waals surface area contributed by atoms with Crippen molar-refractivity contribution in [3.63, 3.8) is 0 Å². The molecular formula is C26H29NO3. The molecule has 0 spiro atoms. The molecule has 0 aromatic heterocycles. The number of ether oxygens (including phenoxy) is 1. The summed E-state index contributed by atoms with van der Waals surface area (Å²) < 4.78 is 5.31. The molecule has 4 fully saturated rings. The van der Waals surface area contributed by atoms with Crippen LogP contribution in [0.3, 0.4) is 0 Å². The fraction of sp³-hybridized carbons (Fsp3) is 0.462. The van der Waals surface area contributed by atoms with Crippen LogP contribution in [-0.4, -0.2) is 24.0 Å². The molecule has 156 valence electrons. The minimum atomic E-state index is -0.453. The van der Waals surface area contributed by atoms with Crippen LogP contribution in [0.1, 0.15) is 54.4 Å². The maximum atomic E-state index is 12.5. The zero-order valence-corrected chi connectivity index (χ0v) is 17.5. The van der Waals surface area contributed by atoms with Crippen molar-refractivity contribution >= 4 is 11.9 Å². The molecule has 4 aliphatic carbocycles. The number of esters is 1. The monoisotopic (exact) mass is 403 g/mol. The summed E-state index contributed by atoms with van der Waals surface area (Å²) in [5.41, 5.74) is 3.79. The molecule has 4 saturated carbocycles. The van der Waals surface area contributed by atoms with Gasteiger partial charge < -0.3 is 10.1 Å². The number of nitrogens with one attached hydrogen (secondary N) is 1. The number of rotatable bonds is 5. The zero-order chi connectivity index (χ0) is 20.7. The molecule has 0 radical (unpaired) electrons. The van der Waals surface area contributed by atoms with Crippen LogP contribution in [0.15, 0.2) is 48.5 Å². The Morgan fingerprint density at radius 2 is 1.37 bits per heavy atom. The first-order chi connectivity index (χ1) is 14.5. The van der Waals surface area contributed by atoms with E-state index < -0.39 is 5.97 Å². The van der Waals surface area contributed by atoms with E-state index in [4.69, 9.17) is 4.74 Å².